The summed E-state index contributed by atoms with van der Waals surface area (Å²) in [5.41, 5.74) is 3.56. The van der Waals surface area contributed by atoms with Gasteiger partial charge in [-0.05, 0) is 46.7 Å². The van der Waals surface area contributed by atoms with E-state index in [-0.39, 0.29) is 5.92 Å². The molecule has 1 unspecified atom stereocenters. The van der Waals surface area contributed by atoms with Crippen LogP contribution in [0.1, 0.15) is 42.8 Å². The van der Waals surface area contributed by atoms with Crippen LogP contribution in [0.15, 0.2) is 0 Å². The topological polar surface area (TPSA) is 58.4 Å². The van der Waals surface area contributed by atoms with Crippen molar-refractivity contribution in [3.05, 3.63) is 17.0 Å². The average molecular weight is 265 g/mol. The van der Waals surface area contributed by atoms with Crippen molar-refractivity contribution in [2.75, 3.05) is 13.1 Å². The zero-order valence-electron chi connectivity index (χ0n) is 12.2. The number of carboxylic acids is 1. The molecule has 1 aromatic heterocycles. The van der Waals surface area contributed by atoms with E-state index in [1.807, 2.05) is 18.7 Å². The molecule has 5 heteroatoms. The maximum absolute atomic E-state index is 11.0. The van der Waals surface area contributed by atoms with Gasteiger partial charge in [-0.1, -0.05) is 0 Å². The maximum atomic E-state index is 11.0. The molecular formula is C14H23N3O2. The Morgan fingerprint density at radius 2 is 1.95 bits per heavy atom. The lowest BCUT2D eigenvalue weighted by atomic mass is 9.94. The predicted octanol–water partition coefficient (Wildman–Crippen LogP) is 1.89. The molecule has 0 spiro atoms. The molecule has 1 atom stereocenters. The Kier molecular flexibility index (Phi) is 3.94. The highest BCUT2D eigenvalue weighted by atomic mass is 16.4. The fourth-order valence-electron chi connectivity index (χ4n) is 3.11. The fraction of sp³-hybridized carbons (Fsp3) is 0.714. The summed E-state index contributed by atoms with van der Waals surface area (Å²) in [6, 6.07) is 0.309. The van der Waals surface area contributed by atoms with E-state index < -0.39 is 5.97 Å². The van der Waals surface area contributed by atoms with Gasteiger partial charge in [-0.2, -0.15) is 5.10 Å². The number of aromatic nitrogens is 2. The molecule has 0 radical (unpaired) electrons. The van der Waals surface area contributed by atoms with E-state index in [1.54, 1.807) is 0 Å². The normalized spacial score (nSPS) is 19.6. The fourth-order valence-corrected chi connectivity index (χ4v) is 3.11. The van der Waals surface area contributed by atoms with Crippen molar-refractivity contribution in [2.45, 2.75) is 39.7 Å². The zero-order chi connectivity index (χ0) is 14.2. The Bertz CT molecular complexity index is 473. The van der Waals surface area contributed by atoms with Crippen LogP contribution in [0.5, 0.6) is 0 Å². The molecule has 1 aromatic rings. The molecule has 0 aromatic carbocycles. The van der Waals surface area contributed by atoms with Crippen LogP contribution in [-0.2, 0) is 11.8 Å². The largest absolute Gasteiger partial charge is 0.481 e. The van der Waals surface area contributed by atoms with Crippen molar-refractivity contribution in [3.63, 3.8) is 0 Å². The summed E-state index contributed by atoms with van der Waals surface area (Å²) in [5.74, 6) is -0.819. The summed E-state index contributed by atoms with van der Waals surface area (Å²) in [6.45, 7) is 8.04. The Morgan fingerprint density at radius 3 is 2.37 bits per heavy atom. The number of aliphatic carboxylic acids is 1. The van der Waals surface area contributed by atoms with Gasteiger partial charge < -0.3 is 5.11 Å². The Balaban J connectivity index is 2.09. The summed E-state index contributed by atoms with van der Waals surface area (Å²) in [7, 11) is 1.97. The van der Waals surface area contributed by atoms with E-state index in [4.69, 9.17) is 5.11 Å². The van der Waals surface area contributed by atoms with Gasteiger partial charge in [-0.3, -0.25) is 14.4 Å². The van der Waals surface area contributed by atoms with Crippen LogP contribution in [-0.4, -0.2) is 38.8 Å². The lowest BCUT2D eigenvalue weighted by molar-refractivity contribution is -0.143. The van der Waals surface area contributed by atoms with Crippen LogP contribution in [0.3, 0.4) is 0 Å². The summed E-state index contributed by atoms with van der Waals surface area (Å²) in [4.78, 5) is 13.4. The monoisotopic (exact) mass is 265 g/mol. The number of carboxylic acid groups (broad SMARTS) is 1. The third-order valence-corrected chi connectivity index (χ3v) is 4.41. The SMILES string of the molecule is Cc1nn(C)c(C)c1C(C)N1CCC(C(=O)O)CC1. The number of rotatable bonds is 3. The minimum absolute atomic E-state index is 0.167. The molecule has 2 heterocycles. The van der Waals surface area contributed by atoms with E-state index >= 15 is 0 Å². The molecule has 0 saturated carbocycles. The molecular weight excluding hydrogens is 242 g/mol. The second-order valence-corrected chi connectivity index (χ2v) is 5.53. The summed E-state index contributed by atoms with van der Waals surface area (Å²) >= 11 is 0. The molecule has 5 nitrogen and oxygen atoms in total. The minimum Gasteiger partial charge on any atom is -0.481 e. The van der Waals surface area contributed by atoms with E-state index in [0.717, 1.165) is 31.6 Å². The quantitative estimate of drug-likeness (QED) is 0.906. The number of hydrogen-bond acceptors (Lipinski definition) is 3. The van der Waals surface area contributed by atoms with Crippen LogP contribution < -0.4 is 0 Å². The van der Waals surface area contributed by atoms with Crippen molar-refractivity contribution in [1.82, 2.24) is 14.7 Å². The average Bonchev–Trinajstić information content (AvgIpc) is 2.62. The number of carbonyl (C=O) groups is 1. The summed E-state index contributed by atoms with van der Waals surface area (Å²) in [6.07, 6.45) is 1.50. The van der Waals surface area contributed by atoms with E-state index in [9.17, 15) is 4.79 Å². The first kappa shape index (κ1) is 14.1. The first-order valence-corrected chi connectivity index (χ1v) is 6.88. The smallest absolute Gasteiger partial charge is 0.306 e. The molecule has 1 fully saturated rings. The Morgan fingerprint density at radius 1 is 1.37 bits per heavy atom. The zero-order valence-corrected chi connectivity index (χ0v) is 12.2. The van der Waals surface area contributed by atoms with Crippen molar-refractivity contribution in [2.24, 2.45) is 13.0 Å². The van der Waals surface area contributed by atoms with E-state index in [2.05, 4.69) is 23.8 Å². The number of hydrogen-bond donors (Lipinski definition) is 1. The third-order valence-electron chi connectivity index (χ3n) is 4.41. The number of aryl methyl sites for hydroxylation is 2. The standard InChI is InChI=1S/C14H23N3O2/c1-9-13(10(2)16(4)15-9)11(3)17-7-5-12(6-8-17)14(18)19/h11-12H,5-8H2,1-4H3,(H,18,19). The number of piperidine rings is 1. The first-order valence-electron chi connectivity index (χ1n) is 6.88. The molecule has 0 bridgehead atoms. The van der Waals surface area contributed by atoms with Gasteiger partial charge in [0.1, 0.15) is 0 Å². The van der Waals surface area contributed by atoms with Crippen LogP contribution in [0.2, 0.25) is 0 Å². The molecule has 1 aliphatic rings. The first-order chi connectivity index (χ1) is 8.91. The second kappa shape index (κ2) is 5.33. The van der Waals surface area contributed by atoms with Crippen molar-refractivity contribution < 1.29 is 9.90 Å². The van der Waals surface area contributed by atoms with Gasteiger partial charge in [0, 0.05) is 24.3 Å². The van der Waals surface area contributed by atoms with Crippen LogP contribution >= 0.6 is 0 Å². The Labute approximate surface area is 114 Å². The second-order valence-electron chi connectivity index (χ2n) is 5.53. The van der Waals surface area contributed by atoms with E-state index in [1.165, 1.54) is 11.3 Å². The van der Waals surface area contributed by atoms with Crippen molar-refractivity contribution >= 4 is 5.97 Å². The highest BCUT2D eigenvalue weighted by molar-refractivity contribution is 5.70. The molecule has 1 saturated heterocycles. The maximum Gasteiger partial charge on any atom is 0.306 e. The predicted molar refractivity (Wildman–Crippen MR) is 73.0 cm³/mol. The molecule has 106 valence electrons. The molecule has 1 N–H and O–H groups in total. The van der Waals surface area contributed by atoms with Crippen LogP contribution in [0.4, 0.5) is 0 Å². The molecule has 1 aliphatic heterocycles. The van der Waals surface area contributed by atoms with Crippen LogP contribution in [0, 0.1) is 19.8 Å². The highest BCUT2D eigenvalue weighted by Gasteiger charge is 2.29. The molecule has 19 heavy (non-hydrogen) atoms. The lowest BCUT2D eigenvalue weighted by Gasteiger charge is -2.35. The molecule has 0 amide bonds. The number of nitrogens with zero attached hydrogens (tertiary/aromatic N) is 3. The van der Waals surface area contributed by atoms with Gasteiger partial charge in [-0.15, -0.1) is 0 Å². The Hall–Kier alpha value is -1.36. The van der Waals surface area contributed by atoms with Gasteiger partial charge in [0.2, 0.25) is 0 Å². The van der Waals surface area contributed by atoms with Gasteiger partial charge >= 0.3 is 5.97 Å². The third kappa shape index (κ3) is 2.66. The van der Waals surface area contributed by atoms with Gasteiger partial charge in [0.25, 0.3) is 0 Å². The van der Waals surface area contributed by atoms with Crippen molar-refractivity contribution in [1.29, 1.82) is 0 Å². The van der Waals surface area contributed by atoms with Crippen molar-refractivity contribution in [3.8, 4) is 0 Å². The number of likely N-dealkylation sites (tertiary alicyclic amines) is 1. The minimum atomic E-state index is -0.652. The highest BCUT2D eigenvalue weighted by Crippen LogP contribution is 2.30. The van der Waals surface area contributed by atoms with Gasteiger partial charge in [0.05, 0.1) is 11.6 Å². The molecule has 2 rings (SSSR count). The molecule has 0 aliphatic carbocycles. The van der Waals surface area contributed by atoms with Crippen LogP contribution in [0.25, 0.3) is 0 Å². The van der Waals surface area contributed by atoms with Gasteiger partial charge in [0.15, 0.2) is 0 Å². The summed E-state index contributed by atoms with van der Waals surface area (Å²) < 4.78 is 1.92. The van der Waals surface area contributed by atoms with E-state index in [0.29, 0.717) is 6.04 Å². The summed E-state index contributed by atoms with van der Waals surface area (Å²) in [5, 5.41) is 13.5. The lowest BCUT2D eigenvalue weighted by Crippen LogP contribution is -2.38. The van der Waals surface area contributed by atoms with Gasteiger partial charge in [-0.25, -0.2) is 0 Å².